The van der Waals surface area contributed by atoms with Gasteiger partial charge in [-0.15, -0.1) is 0 Å². The molecule has 33 heavy (non-hydrogen) atoms. The summed E-state index contributed by atoms with van der Waals surface area (Å²) in [5, 5.41) is 5.10. The quantitative estimate of drug-likeness (QED) is 0.423. The van der Waals surface area contributed by atoms with Crippen LogP contribution in [-0.2, 0) is 12.8 Å². The number of aryl methyl sites for hydroxylation is 3. The van der Waals surface area contributed by atoms with E-state index in [1.54, 1.807) is 0 Å². The molecule has 0 bridgehead atoms. The fraction of sp³-hybridized carbons (Fsp3) is 0.296. The van der Waals surface area contributed by atoms with Crippen molar-refractivity contribution in [3.63, 3.8) is 0 Å². The van der Waals surface area contributed by atoms with Gasteiger partial charge in [-0.1, -0.05) is 24.3 Å². The number of likely N-dealkylation sites (N-methyl/N-ethyl adjacent to an activating group) is 1. The number of aromatic nitrogens is 2. The number of nitrogens with one attached hydrogen (secondary N) is 1. The molecule has 3 N–H and O–H groups in total. The summed E-state index contributed by atoms with van der Waals surface area (Å²) in [6.45, 7) is 5.54. The van der Waals surface area contributed by atoms with Gasteiger partial charge in [0.2, 0.25) is 0 Å². The molecular weight excluding hydrogens is 410 g/mol. The van der Waals surface area contributed by atoms with Gasteiger partial charge in [0.25, 0.3) is 5.91 Å². The van der Waals surface area contributed by atoms with Crippen LogP contribution >= 0.6 is 0 Å². The molecule has 2 aromatic carbocycles. The van der Waals surface area contributed by atoms with Crippen LogP contribution in [0.25, 0.3) is 21.8 Å². The Morgan fingerprint density at radius 1 is 1.06 bits per heavy atom. The van der Waals surface area contributed by atoms with Crippen molar-refractivity contribution in [2.45, 2.75) is 26.7 Å². The number of hydrogen-bond acceptors (Lipinski definition) is 5. The molecule has 6 heteroatoms. The fourth-order valence-corrected chi connectivity index (χ4v) is 4.20. The zero-order valence-corrected chi connectivity index (χ0v) is 19.8. The summed E-state index contributed by atoms with van der Waals surface area (Å²) in [7, 11) is 3.99. The molecule has 0 unspecified atom stereocenters. The molecule has 0 atom stereocenters. The number of pyridine rings is 2. The van der Waals surface area contributed by atoms with Crippen LogP contribution in [0.5, 0.6) is 0 Å². The normalized spacial score (nSPS) is 11.4. The highest BCUT2D eigenvalue weighted by Crippen LogP contribution is 2.28. The number of nitrogens with two attached hydrogens (primary N) is 1. The number of benzene rings is 2. The molecule has 0 spiro atoms. The Labute approximate surface area is 194 Å². The van der Waals surface area contributed by atoms with Gasteiger partial charge in [0.15, 0.2) is 5.82 Å². The topological polar surface area (TPSA) is 84.1 Å². The van der Waals surface area contributed by atoms with Gasteiger partial charge in [0.05, 0.1) is 5.52 Å². The molecule has 4 aromatic rings. The molecule has 0 radical (unpaired) electrons. The Balaban J connectivity index is 1.61. The van der Waals surface area contributed by atoms with Crippen LogP contribution in [0.1, 0.15) is 32.6 Å². The monoisotopic (exact) mass is 441 g/mol. The number of hydrogen-bond donors (Lipinski definition) is 2. The van der Waals surface area contributed by atoms with Gasteiger partial charge in [0.1, 0.15) is 5.52 Å². The lowest BCUT2D eigenvalue weighted by Crippen LogP contribution is -2.32. The summed E-state index contributed by atoms with van der Waals surface area (Å²) >= 11 is 0. The predicted molar refractivity (Wildman–Crippen MR) is 136 cm³/mol. The van der Waals surface area contributed by atoms with Crippen molar-refractivity contribution < 1.29 is 4.79 Å². The van der Waals surface area contributed by atoms with E-state index in [0.29, 0.717) is 12.4 Å². The molecule has 2 aromatic heterocycles. The second kappa shape index (κ2) is 9.55. The minimum absolute atomic E-state index is 0.0209. The van der Waals surface area contributed by atoms with Crippen LogP contribution in [0, 0.1) is 13.8 Å². The smallest absolute Gasteiger partial charge is 0.251 e. The van der Waals surface area contributed by atoms with E-state index >= 15 is 0 Å². The molecule has 0 aliphatic rings. The molecule has 0 saturated carbocycles. The third-order valence-corrected chi connectivity index (χ3v) is 6.03. The summed E-state index contributed by atoms with van der Waals surface area (Å²) < 4.78 is 0. The van der Waals surface area contributed by atoms with E-state index in [1.165, 1.54) is 0 Å². The minimum atomic E-state index is -0.0209. The molecule has 0 saturated heterocycles. The number of rotatable bonds is 7. The lowest BCUT2D eigenvalue weighted by atomic mass is 9.95. The van der Waals surface area contributed by atoms with Crippen LogP contribution in [0.4, 0.5) is 5.82 Å². The Kier molecular flexibility index (Phi) is 6.56. The van der Waals surface area contributed by atoms with Crippen molar-refractivity contribution in [1.29, 1.82) is 0 Å². The summed E-state index contributed by atoms with van der Waals surface area (Å²) in [5.41, 5.74) is 13.0. The van der Waals surface area contributed by atoms with Crippen molar-refractivity contribution in [3.8, 4) is 0 Å². The van der Waals surface area contributed by atoms with Gasteiger partial charge >= 0.3 is 0 Å². The van der Waals surface area contributed by atoms with Crippen molar-refractivity contribution in [3.05, 3.63) is 76.5 Å². The SMILES string of the molecule is Cc1ccc2c(c1)nc(N)c1ncc(CCc3c(C)cccc3C(=O)NCCN(C)C)cc12. The van der Waals surface area contributed by atoms with E-state index in [1.807, 2.05) is 45.4 Å². The maximum Gasteiger partial charge on any atom is 0.251 e. The third-order valence-electron chi connectivity index (χ3n) is 6.03. The number of nitrogen functional groups attached to an aromatic ring is 1. The van der Waals surface area contributed by atoms with Crippen LogP contribution in [0.2, 0.25) is 0 Å². The first-order chi connectivity index (χ1) is 15.8. The maximum absolute atomic E-state index is 12.8. The van der Waals surface area contributed by atoms with E-state index in [9.17, 15) is 4.79 Å². The molecule has 1 amide bonds. The van der Waals surface area contributed by atoms with E-state index in [4.69, 9.17) is 5.73 Å². The lowest BCUT2D eigenvalue weighted by Gasteiger charge is -2.15. The zero-order valence-electron chi connectivity index (χ0n) is 19.8. The second-order valence-corrected chi connectivity index (χ2v) is 8.92. The molecule has 0 aliphatic carbocycles. The summed E-state index contributed by atoms with van der Waals surface area (Å²) in [5.74, 6) is 0.428. The summed E-state index contributed by atoms with van der Waals surface area (Å²) in [4.78, 5) is 24.1. The van der Waals surface area contributed by atoms with Gasteiger partial charge in [0, 0.05) is 35.6 Å². The van der Waals surface area contributed by atoms with Crippen LogP contribution in [0.3, 0.4) is 0 Å². The van der Waals surface area contributed by atoms with Gasteiger partial charge in [-0.25, -0.2) is 4.98 Å². The fourth-order valence-electron chi connectivity index (χ4n) is 4.20. The molecule has 0 aliphatic heterocycles. The number of anilines is 1. The number of carbonyl (C=O) groups is 1. The molecule has 6 nitrogen and oxygen atoms in total. The summed E-state index contributed by atoms with van der Waals surface area (Å²) in [6.07, 6.45) is 3.41. The number of nitrogens with zero attached hydrogens (tertiary/aromatic N) is 3. The van der Waals surface area contributed by atoms with Crippen LogP contribution in [0.15, 0.2) is 48.7 Å². The molecular formula is C27H31N5O. The van der Waals surface area contributed by atoms with E-state index < -0.39 is 0 Å². The van der Waals surface area contributed by atoms with Crippen molar-refractivity contribution >= 4 is 33.5 Å². The van der Waals surface area contributed by atoms with Crippen LogP contribution in [-0.4, -0.2) is 48.0 Å². The highest BCUT2D eigenvalue weighted by Gasteiger charge is 2.14. The van der Waals surface area contributed by atoms with Crippen molar-refractivity contribution in [2.75, 3.05) is 32.9 Å². The number of fused-ring (bicyclic) bond motifs is 3. The van der Waals surface area contributed by atoms with Crippen LogP contribution < -0.4 is 11.1 Å². The molecule has 0 fully saturated rings. The Morgan fingerprint density at radius 3 is 2.67 bits per heavy atom. The van der Waals surface area contributed by atoms with Gasteiger partial charge in [-0.2, -0.15) is 0 Å². The average Bonchev–Trinajstić information content (AvgIpc) is 2.77. The molecule has 2 heterocycles. The van der Waals surface area contributed by atoms with Crippen molar-refractivity contribution in [1.82, 2.24) is 20.2 Å². The summed E-state index contributed by atoms with van der Waals surface area (Å²) in [6, 6.07) is 14.3. The number of carbonyl (C=O) groups excluding carboxylic acids is 1. The lowest BCUT2D eigenvalue weighted by molar-refractivity contribution is 0.0950. The standard InChI is InChI=1S/C27H31N5O/c1-17-8-10-21-23-15-19(16-30-25(23)26(28)31-24(21)14-17)9-11-20-18(2)6-5-7-22(20)27(33)29-12-13-32(3)4/h5-8,10,14-16H,9,11-13H2,1-4H3,(H2,28,31)(H,29,33). The highest BCUT2D eigenvalue weighted by molar-refractivity contribution is 6.08. The van der Waals surface area contributed by atoms with Gasteiger partial charge < -0.3 is 16.0 Å². The predicted octanol–water partition coefficient (Wildman–Crippen LogP) is 4.06. The number of amides is 1. The Morgan fingerprint density at radius 2 is 1.88 bits per heavy atom. The first-order valence-corrected chi connectivity index (χ1v) is 11.3. The largest absolute Gasteiger partial charge is 0.382 e. The van der Waals surface area contributed by atoms with E-state index in [2.05, 4.69) is 51.4 Å². The highest BCUT2D eigenvalue weighted by atomic mass is 16.1. The van der Waals surface area contributed by atoms with E-state index in [0.717, 1.165) is 69.0 Å². The Hall–Kier alpha value is -3.51. The molecule has 170 valence electrons. The zero-order chi connectivity index (χ0) is 23.5. The minimum Gasteiger partial charge on any atom is -0.382 e. The first kappa shape index (κ1) is 22.7. The Bertz CT molecular complexity index is 1330. The van der Waals surface area contributed by atoms with E-state index in [-0.39, 0.29) is 5.91 Å². The second-order valence-electron chi connectivity index (χ2n) is 8.92. The van der Waals surface area contributed by atoms with Crippen molar-refractivity contribution in [2.24, 2.45) is 0 Å². The van der Waals surface area contributed by atoms with Gasteiger partial charge in [-0.3, -0.25) is 9.78 Å². The average molecular weight is 442 g/mol. The first-order valence-electron chi connectivity index (χ1n) is 11.3. The third kappa shape index (κ3) is 4.96. The molecule has 4 rings (SSSR count). The maximum atomic E-state index is 12.8. The van der Waals surface area contributed by atoms with Gasteiger partial charge in [-0.05, 0) is 81.2 Å².